The molecule has 0 radical (unpaired) electrons. The number of benzene rings is 1. The molecule has 0 bridgehead atoms. The van der Waals surface area contributed by atoms with Crippen LogP contribution in [0.25, 0.3) is 10.1 Å². The lowest BCUT2D eigenvalue weighted by atomic mass is 10.2. The molecular formula is C12H13ClN2O2S. The van der Waals surface area contributed by atoms with Crippen LogP contribution in [0.5, 0.6) is 0 Å². The highest BCUT2D eigenvalue weighted by Crippen LogP contribution is 2.35. The number of halogens is 1. The van der Waals surface area contributed by atoms with Crippen molar-refractivity contribution in [2.24, 2.45) is 0 Å². The quantitative estimate of drug-likeness (QED) is 0.908. The number of likely N-dealkylation sites (N-methyl/N-ethyl adjacent to an activating group) is 1. The van der Waals surface area contributed by atoms with Crippen molar-refractivity contribution in [3.05, 3.63) is 28.1 Å². The van der Waals surface area contributed by atoms with Crippen molar-refractivity contribution in [2.45, 2.75) is 0 Å². The first-order valence-corrected chi connectivity index (χ1v) is 6.58. The van der Waals surface area contributed by atoms with Crippen LogP contribution >= 0.6 is 22.9 Å². The normalized spacial score (nSPS) is 10.8. The molecule has 2 rings (SSSR count). The van der Waals surface area contributed by atoms with E-state index in [1.807, 2.05) is 6.07 Å². The molecule has 0 saturated carbocycles. The second kappa shape index (κ2) is 5.14. The molecule has 4 nitrogen and oxygen atoms in total. The van der Waals surface area contributed by atoms with Gasteiger partial charge in [0.25, 0.3) is 5.91 Å². The maximum absolute atomic E-state index is 12.1. The van der Waals surface area contributed by atoms with Crippen molar-refractivity contribution in [3.63, 3.8) is 0 Å². The fourth-order valence-corrected chi connectivity index (χ4v) is 2.94. The summed E-state index contributed by atoms with van der Waals surface area (Å²) in [6.45, 7) is 0.214. The molecule has 0 aliphatic carbocycles. The minimum Gasteiger partial charge on any atom is -0.397 e. The van der Waals surface area contributed by atoms with Crippen LogP contribution in [0, 0.1) is 0 Å². The summed E-state index contributed by atoms with van der Waals surface area (Å²) in [5, 5.41) is 10.2. The first-order valence-electron chi connectivity index (χ1n) is 5.38. The third kappa shape index (κ3) is 2.29. The van der Waals surface area contributed by atoms with E-state index in [1.165, 1.54) is 16.2 Å². The van der Waals surface area contributed by atoms with E-state index in [1.54, 1.807) is 19.2 Å². The number of nitrogens with zero attached hydrogens (tertiary/aromatic N) is 1. The Morgan fingerprint density at radius 2 is 2.28 bits per heavy atom. The molecule has 1 aromatic carbocycles. The van der Waals surface area contributed by atoms with E-state index in [9.17, 15) is 4.79 Å². The van der Waals surface area contributed by atoms with Gasteiger partial charge in [0.1, 0.15) is 4.88 Å². The van der Waals surface area contributed by atoms with Gasteiger partial charge in [-0.05, 0) is 18.2 Å². The van der Waals surface area contributed by atoms with E-state index in [4.69, 9.17) is 22.4 Å². The van der Waals surface area contributed by atoms with Crippen molar-refractivity contribution in [1.29, 1.82) is 0 Å². The minimum atomic E-state index is -0.182. The predicted octanol–water partition coefficient (Wildman–Crippen LogP) is 2.20. The van der Waals surface area contributed by atoms with Crippen molar-refractivity contribution in [3.8, 4) is 0 Å². The number of carbonyl (C=O) groups excluding carboxylic acids is 1. The van der Waals surface area contributed by atoms with Crippen molar-refractivity contribution in [1.82, 2.24) is 4.90 Å². The Hall–Kier alpha value is -1.30. The molecule has 0 saturated heterocycles. The highest BCUT2D eigenvalue weighted by Gasteiger charge is 2.19. The van der Waals surface area contributed by atoms with Crippen LogP contribution in [0.3, 0.4) is 0 Å². The van der Waals surface area contributed by atoms with E-state index in [2.05, 4.69) is 0 Å². The number of hydrogen-bond acceptors (Lipinski definition) is 4. The molecule has 6 heteroatoms. The molecule has 18 heavy (non-hydrogen) atoms. The summed E-state index contributed by atoms with van der Waals surface area (Å²) in [5.41, 5.74) is 6.44. The molecule has 0 fully saturated rings. The van der Waals surface area contributed by atoms with E-state index >= 15 is 0 Å². The number of thiophene rings is 1. The Labute approximate surface area is 114 Å². The number of nitrogens with two attached hydrogens (primary N) is 1. The summed E-state index contributed by atoms with van der Waals surface area (Å²) >= 11 is 7.25. The van der Waals surface area contributed by atoms with E-state index in [-0.39, 0.29) is 19.1 Å². The Balaban J connectivity index is 2.46. The first-order chi connectivity index (χ1) is 8.54. The van der Waals surface area contributed by atoms with Crippen molar-refractivity contribution < 1.29 is 9.90 Å². The third-order valence-corrected chi connectivity index (χ3v) is 4.07. The Bertz CT molecular complexity index is 597. The Morgan fingerprint density at radius 3 is 2.94 bits per heavy atom. The number of carbonyl (C=O) groups is 1. The maximum Gasteiger partial charge on any atom is 0.265 e. The lowest BCUT2D eigenvalue weighted by Gasteiger charge is -2.14. The predicted molar refractivity (Wildman–Crippen MR) is 75.3 cm³/mol. The van der Waals surface area contributed by atoms with Gasteiger partial charge in [0.2, 0.25) is 0 Å². The summed E-state index contributed by atoms with van der Waals surface area (Å²) in [4.78, 5) is 14.1. The largest absolute Gasteiger partial charge is 0.397 e. The summed E-state index contributed by atoms with van der Waals surface area (Å²) in [6.07, 6.45) is 0. The van der Waals surface area contributed by atoms with Crippen LogP contribution < -0.4 is 5.73 Å². The van der Waals surface area contributed by atoms with Gasteiger partial charge in [0.05, 0.1) is 12.3 Å². The molecule has 3 N–H and O–H groups in total. The molecule has 1 amide bonds. The monoisotopic (exact) mass is 284 g/mol. The van der Waals surface area contributed by atoms with Crippen LogP contribution in [-0.4, -0.2) is 36.1 Å². The molecule has 96 valence electrons. The van der Waals surface area contributed by atoms with E-state index in [0.29, 0.717) is 15.6 Å². The van der Waals surface area contributed by atoms with Crippen LogP contribution in [0.2, 0.25) is 5.02 Å². The van der Waals surface area contributed by atoms with Crippen molar-refractivity contribution in [2.75, 3.05) is 25.9 Å². The number of nitrogen functional groups attached to an aromatic ring is 1. The van der Waals surface area contributed by atoms with Crippen molar-refractivity contribution >= 4 is 44.6 Å². The molecule has 0 atom stereocenters. The lowest BCUT2D eigenvalue weighted by molar-refractivity contribution is 0.0772. The second-order valence-corrected chi connectivity index (χ2v) is 5.42. The van der Waals surface area contributed by atoms with Gasteiger partial charge >= 0.3 is 0 Å². The molecule has 1 aromatic heterocycles. The second-order valence-electron chi connectivity index (χ2n) is 3.94. The van der Waals surface area contributed by atoms with Gasteiger partial charge in [-0.15, -0.1) is 11.3 Å². The summed E-state index contributed by atoms with van der Waals surface area (Å²) in [7, 11) is 1.63. The molecule has 1 heterocycles. The highest BCUT2D eigenvalue weighted by molar-refractivity contribution is 7.21. The molecule has 2 aromatic rings. The number of aliphatic hydroxyl groups is 1. The summed E-state index contributed by atoms with van der Waals surface area (Å²) in [5.74, 6) is -0.182. The zero-order chi connectivity index (χ0) is 13.3. The molecule has 0 aliphatic rings. The van der Waals surface area contributed by atoms with Crippen LogP contribution in [0.15, 0.2) is 18.2 Å². The summed E-state index contributed by atoms with van der Waals surface area (Å²) < 4.78 is 0.928. The number of anilines is 1. The van der Waals surface area contributed by atoms with Gasteiger partial charge in [-0.2, -0.15) is 0 Å². The first kappa shape index (κ1) is 13.1. The fourth-order valence-electron chi connectivity index (χ4n) is 1.67. The topological polar surface area (TPSA) is 66.6 Å². The number of aliphatic hydroxyl groups excluding tert-OH is 1. The fraction of sp³-hybridized carbons (Fsp3) is 0.250. The SMILES string of the molecule is CN(CCO)C(=O)c1sc2ccc(Cl)cc2c1N. The van der Waals surface area contributed by atoms with Gasteiger partial charge in [-0.3, -0.25) is 4.79 Å². The average Bonchev–Trinajstić information content (AvgIpc) is 2.66. The molecular weight excluding hydrogens is 272 g/mol. The average molecular weight is 285 g/mol. The molecule has 0 aliphatic heterocycles. The van der Waals surface area contributed by atoms with Crippen LogP contribution in [0.4, 0.5) is 5.69 Å². The third-order valence-electron chi connectivity index (χ3n) is 2.66. The zero-order valence-electron chi connectivity index (χ0n) is 9.81. The smallest absolute Gasteiger partial charge is 0.265 e. The summed E-state index contributed by atoms with van der Waals surface area (Å²) in [6, 6.07) is 5.37. The van der Waals surface area contributed by atoms with E-state index in [0.717, 1.165) is 10.1 Å². The Morgan fingerprint density at radius 1 is 1.56 bits per heavy atom. The van der Waals surface area contributed by atoms with Gasteiger partial charge in [0, 0.05) is 28.7 Å². The zero-order valence-corrected chi connectivity index (χ0v) is 11.4. The number of amides is 1. The number of rotatable bonds is 3. The van der Waals surface area contributed by atoms with Gasteiger partial charge in [-0.25, -0.2) is 0 Å². The minimum absolute atomic E-state index is 0.0706. The maximum atomic E-state index is 12.1. The highest BCUT2D eigenvalue weighted by atomic mass is 35.5. The number of hydrogen-bond donors (Lipinski definition) is 2. The van der Waals surface area contributed by atoms with Crippen LogP contribution in [-0.2, 0) is 0 Å². The standard InChI is InChI=1S/C12H13ClN2O2S/c1-15(4-5-16)12(17)11-10(14)8-6-7(13)2-3-9(8)18-11/h2-3,6,16H,4-5,14H2,1H3. The Kier molecular flexibility index (Phi) is 3.75. The van der Waals surface area contributed by atoms with Gasteiger partial charge in [-0.1, -0.05) is 11.6 Å². The van der Waals surface area contributed by atoms with Crippen LogP contribution in [0.1, 0.15) is 9.67 Å². The molecule has 0 spiro atoms. The number of fused-ring (bicyclic) bond motifs is 1. The van der Waals surface area contributed by atoms with Gasteiger partial charge < -0.3 is 15.7 Å². The molecule has 0 unspecified atom stereocenters. The van der Waals surface area contributed by atoms with Gasteiger partial charge in [0.15, 0.2) is 0 Å². The van der Waals surface area contributed by atoms with E-state index < -0.39 is 0 Å². The lowest BCUT2D eigenvalue weighted by Crippen LogP contribution is -2.29.